The summed E-state index contributed by atoms with van der Waals surface area (Å²) in [5.74, 6) is 0.205. The largest absolute Gasteiger partial charge is 0.342 e. The summed E-state index contributed by atoms with van der Waals surface area (Å²) in [6, 6.07) is 5.02. The second-order valence-electron chi connectivity index (χ2n) is 5.50. The molecular weight excluding hydrogens is 256 g/mol. The highest BCUT2D eigenvalue weighted by molar-refractivity contribution is 7.09. The maximum Gasteiger partial charge on any atom is 0.236 e. The lowest BCUT2D eigenvalue weighted by molar-refractivity contribution is -0.130. The molecule has 0 bridgehead atoms. The number of hydrogen-bond donors (Lipinski definition) is 1. The molecule has 1 amide bonds. The Morgan fingerprint density at radius 3 is 2.89 bits per heavy atom. The van der Waals surface area contributed by atoms with E-state index in [0.29, 0.717) is 12.6 Å². The third-order valence-corrected chi connectivity index (χ3v) is 4.93. The first-order valence-corrected chi connectivity index (χ1v) is 8.06. The predicted octanol–water partition coefficient (Wildman–Crippen LogP) is 2.67. The normalized spacial score (nSPS) is 17.6. The van der Waals surface area contributed by atoms with Crippen LogP contribution in [0.3, 0.4) is 0 Å². The summed E-state index contributed by atoms with van der Waals surface area (Å²) in [4.78, 5) is 15.4. The van der Waals surface area contributed by atoms with Gasteiger partial charge in [-0.05, 0) is 31.2 Å². The van der Waals surface area contributed by atoms with Crippen molar-refractivity contribution < 1.29 is 4.79 Å². The summed E-state index contributed by atoms with van der Waals surface area (Å²) in [5, 5.41) is 5.48. The van der Waals surface area contributed by atoms with Crippen molar-refractivity contribution in [2.45, 2.75) is 51.1 Å². The van der Waals surface area contributed by atoms with Crippen molar-refractivity contribution in [3.8, 4) is 0 Å². The van der Waals surface area contributed by atoms with Crippen LogP contribution in [0.1, 0.15) is 37.5 Å². The summed E-state index contributed by atoms with van der Waals surface area (Å²) in [6.07, 6.45) is 6.00. The fourth-order valence-electron chi connectivity index (χ4n) is 2.59. The van der Waals surface area contributed by atoms with Crippen LogP contribution in [0.2, 0.25) is 0 Å². The smallest absolute Gasteiger partial charge is 0.236 e. The van der Waals surface area contributed by atoms with E-state index in [0.717, 1.165) is 6.42 Å². The number of carbonyl (C=O) groups is 1. The van der Waals surface area contributed by atoms with Crippen LogP contribution in [0.25, 0.3) is 0 Å². The van der Waals surface area contributed by atoms with E-state index in [1.807, 2.05) is 11.9 Å². The first kappa shape index (κ1) is 14.5. The topological polar surface area (TPSA) is 32.3 Å². The first-order chi connectivity index (χ1) is 9.16. The van der Waals surface area contributed by atoms with E-state index in [-0.39, 0.29) is 11.9 Å². The SMILES string of the molecule is CC(Cc1cccs1)N(C)C(=O)CNC1CCCC1. The van der Waals surface area contributed by atoms with Crippen LogP contribution < -0.4 is 5.32 Å². The number of carbonyl (C=O) groups excluding carboxylic acids is 1. The van der Waals surface area contributed by atoms with E-state index in [1.54, 1.807) is 11.3 Å². The van der Waals surface area contributed by atoms with Gasteiger partial charge in [-0.15, -0.1) is 11.3 Å². The Balaban J connectivity index is 1.74. The second kappa shape index (κ2) is 7.06. The minimum Gasteiger partial charge on any atom is -0.342 e. The molecule has 1 aliphatic carbocycles. The Kier molecular flexibility index (Phi) is 5.40. The maximum absolute atomic E-state index is 12.1. The zero-order valence-corrected chi connectivity index (χ0v) is 12.7. The molecule has 1 aromatic rings. The van der Waals surface area contributed by atoms with Crippen molar-refractivity contribution >= 4 is 17.2 Å². The number of thiophene rings is 1. The molecular formula is C15H24N2OS. The number of amides is 1. The number of likely N-dealkylation sites (N-methyl/N-ethyl adjacent to an activating group) is 1. The third kappa shape index (κ3) is 4.32. The van der Waals surface area contributed by atoms with Gasteiger partial charge in [0.05, 0.1) is 6.54 Å². The number of hydrogen-bond acceptors (Lipinski definition) is 3. The lowest BCUT2D eigenvalue weighted by Crippen LogP contribution is -2.43. The van der Waals surface area contributed by atoms with Crippen LogP contribution in [-0.2, 0) is 11.2 Å². The van der Waals surface area contributed by atoms with E-state index < -0.39 is 0 Å². The van der Waals surface area contributed by atoms with Crippen molar-refractivity contribution in [3.63, 3.8) is 0 Å². The highest BCUT2D eigenvalue weighted by Crippen LogP contribution is 2.17. The Bertz CT molecular complexity index is 385. The molecule has 0 aliphatic heterocycles. The highest BCUT2D eigenvalue weighted by atomic mass is 32.1. The summed E-state index contributed by atoms with van der Waals surface area (Å²) in [6.45, 7) is 2.60. The molecule has 0 aromatic carbocycles. The van der Waals surface area contributed by atoms with Crippen molar-refractivity contribution in [2.75, 3.05) is 13.6 Å². The second-order valence-corrected chi connectivity index (χ2v) is 6.53. The van der Waals surface area contributed by atoms with E-state index >= 15 is 0 Å². The van der Waals surface area contributed by atoms with Crippen molar-refractivity contribution in [1.29, 1.82) is 0 Å². The van der Waals surface area contributed by atoms with E-state index in [1.165, 1.54) is 30.6 Å². The van der Waals surface area contributed by atoms with Crippen LogP contribution in [0.15, 0.2) is 17.5 Å². The van der Waals surface area contributed by atoms with Crippen molar-refractivity contribution in [1.82, 2.24) is 10.2 Å². The molecule has 1 aliphatic rings. The maximum atomic E-state index is 12.1. The van der Waals surface area contributed by atoms with Gasteiger partial charge in [0.2, 0.25) is 5.91 Å². The molecule has 0 saturated heterocycles. The minimum absolute atomic E-state index is 0.205. The molecule has 1 unspecified atom stereocenters. The van der Waals surface area contributed by atoms with Crippen LogP contribution in [0, 0.1) is 0 Å². The summed E-state index contributed by atoms with van der Waals surface area (Å²) < 4.78 is 0. The van der Waals surface area contributed by atoms with E-state index in [4.69, 9.17) is 0 Å². The van der Waals surface area contributed by atoms with E-state index in [9.17, 15) is 4.79 Å². The van der Waals surface area contributed by atoms with Gasteiger partial charge in [0.25, 0.3) is 0 Å². The Morgan fingerprint density at radius 1 is 1.53 bits per heavy atom. The molecule has 1 N–H and O–H groups in total. The monoisotopic (exact) mass is 280 g/mol. The third-order valence-electron chi connectivity index (χ3n) is 4.03. The van der Waals surface area contributed by atoms with Crippen LogP contribution >= 0.6 is 11.3 Å². The minimum atomic E-state index is 0.205. The zero-order valence-electron chi connectivity index (χ0n) is 11.9. The molecule has 1 heterocycles. The molecule has 3 nitrogen and oxygen atoms in total. The number of rotatable bonds is 6. The number of nitrogens with one attached hydrogen (secondary N) is 1. The molecule has 2 rings (SSSR count). The van der Waals surface area contributed by atoms with Gasteiger partial charge in [-0.25, -0.2) is 0 Å². The molecule has 0 radical (unpaired) electrons. The van der Waals surface area contributed by atoms with Gasteiger partial charge in [0.1, 0.15) is 0 Å². The molecule has 1 aromatic heterocycles. The lowest BCUT2D eigenvalue weighted by atomic mass is 10.2. The fourth-order valence-corrected chi connectivity index (χ4v) is 3.42. The molecule has 19 heavy (non-hydrogen) atoms. The lowest BCUT2D eigenvalue weighted by Gasteiger charge is -2.25. The average Bonchev–Trinajstić information content (AvgIpc) is 3.07. The Morgan fingerprint density at radius 2 is 2.26 bits per heavy atom. The Hall–Kier alpha value is -0.870. The van der Waals surface area contributed by atoms with Gasteiger partial charge in [0, 0.05) is 30.4 Å². The van der Waals surface area contributed by atoms with Gasteiger partial charge < -0.3 is 10.2 Å². The van der Waals surface area contributed by atoms with Gasteiger partial charge in [-0.3, -0.25) is 4.79 Å². The number of nitrogens with zero attached hydrogens (tertiary/aromatic N) is 1. The molecule has 1 saturated carbocycles. The molecule has 1 atom stereocenters. The predicted molar refractivity (Wildman–Crippen MR) is 80.5 cm³/mol. The average molecular weight is 280 g/mol. The summed E-state index contributed by atoms with van der Waals surface area (Å²) >= 11 is 1.76. The first-order valence-electron chi connectivity index (χ1n) is 7.18. The quantitative estimate of drug-likeness (QED) is 0.869. The van der Waals surface area contributed by atoms with Crippen LogP contribution in [-0.4, -0.2) is 36.5 Å². The zero-order chi connectivity index (χ0) is 13.7. The molecule has 1 fully saturated rings. The van der Waals surface area contributed by atoms with Gasteiger partial charge in [-0.2, -0.15) is 0 Å². The van der Waals surface area contributed by atoms with E-state index in [2.05, 4.69) is 29.8 Å². The van der Waals surface area contributed by atoms with Gasteiger partial charge >= 0.3 is 0 Å². The summed E-state index contributed by atoms with van der Waals surface area (Å²) in [5.41, 5.74) is 0. The molecule has 0 spiro atoms. The van der Waals surface area contributed by atoms with Crippen LogP contribution in [0.4, 0.5) is 0 Å². The van der Waals surface area contributed by atoms with Crippen molar-refractivity contribution in [3.05, 3.63) is 22.4 Å². The van der Waals surface area contributed by atoms with Gasteiger partial charge in [-0.1, -0.05) is 18.9 Å². The fraction of sp³-hybridized carbons (Fsp3) is 0.667. The highest BCUT2D eigenvalue weighted by Gasteiger charge is 2.19. The van der Waals surface area contributed by atoms with Crippen LogP contribution in [0.5, 0.6) is 0 Å². The molecule has 106 valence electrons. The standard InChI is InChI=1S/C15H24N2OS/c1-12(10-14-8-5-9-19-14)17(2)15(18)11-16-13-6-3-4-7-13/h5,8-9,12-13,16H,3-4,6-7,10-11H2,1-2H3. The van der Waals surface area contributed by atoms with Crippen molar-refractivity contribution in [2.24, 2.45) is 0 Å². The Labute approximate surface area is 120 Å². The molecule has 4 heteroatoms. The summed E-state index contributed by atoms with van der Waals surface area (Å²) in [7, 11) is 1.91. The van der Waals surface area contributed by atoms with Gasteiger partial charge in [0.15, 0.2) is 0 Å².